The highest BCUT2D eigenvalue weighted by atomic mass is 35.5. The molecule has 1 aromatic carbocycles. The van der Waals surface area contributed by atoms with Crippen molar-refractivity contribution in [2.75, 3.05) is 12.3 Å². The molecule has 10 heteroatoms. The molecule has 2 rings (SSSR count). The number of nitrogen functional groups attached to an aromatic ring is 1. The van der Waals surface area contributed by atoms with Gasteiger partial charge in [-0.15, -0.1) is 0 Å². The van der Waals surface area contributed by atoms with Crippen molar-refractivity contribution in [2.45, 2.75) is 17.7 Å². The predicted octanol–water partition coefficient (Wildman–Crippen LogP) is 1.09. The van der Waals surface area contributed by atoms with E-state index in [2.05, 4.69) is 19.9 Å². The molecule has 0 aliphatic rings. The minimum absolute atomic E-state index is 0.177. The van der Waals surface area contributed by atoms with Crippen LogP contribution in [0.4, 0.5) is 10.1 Å². The summed E-state index contributed by atoms with van der Waals surface area (Å²) in [6, 6.07) is 1.87. The number of rotatable bonds is 6. The summed E-state index contributed by atoms with van der Waals surface area (Å²) in [5, 5.41) is 6.14. The number of aromatic nitrogens is 3. The summed E-state index contributed by atoms with van der Waals surface area (Å²) in [6.45, 7) is 0.177. The van der Waals surface area contributed by atoms with Crippen LogP contribution in [0.15, 0.2) is 23.4 Å². The zero-order valence-electron chi connectivity index (χ0n) is 10.8. The fourth-order valence-corrected chi connectivity index (χ4v) is 3.26. The number of nitrogens with zero attached hydrogens (tertiary/aromatic N) is 2. The number of halogens is 2. The van der Waals surface area contributed by atoms with Crippen molar-refractivity contribution in [3.05, 3.63) is 35.1 Å². The van der Waals surface area contributed by atoms with E-state index in [1.807, 2.05) is 0 Å². The molecule has 0 saturated heterocycles. The number of nitrogens with one attached hydrogen (secondary N) is 2. The van der Waals surface area contributed by atoms with Gasteiger partial charge in [0.25, 0.3) is 0 Å². The number of aryl methyl sites for hydroxylation is 1. The SMILES string of the molecule is Nc1cc(S(=O)(=O)NCCCc2ncn[nH]2)c(Cl)cc1F. The number of aromatic amines is 1. The number of H-pyrrole nitrogens is 1. The zero-order valence-corrected chi connectivity index (χ0v) is 12.4. The third-order valence-electron chi connectivity index (χ3n) is 2.69. The highest BCUT2D eigenvalue weighted by Crippen LogP contribution is 2.26. The lowest BCUT2D eigenvalue weighted by Crippen LogP contribution is -2.25. The van der Waals surface area contributed by atoms with Crippen molar-refractivity contribution < 1.29 is 12.8 Å². The monoisotopic (exact) mass is 333 g/mol. The van der Waals surface area contributed by atoms with Gasteiger partial charge in [-0.05, 0) is 18.6 Å². The molecule has 2 aromatic rings. The Morgan fingerprint density at radius 1 is 1.43 bits per heavy atom. The normalized spacial score (nSPS) is 11.7. The quantitative estimate of drug-likeness (QED) is 0.541. The van der Waals surface area contributed by atoms with Crippen LogP contribution in [0.25, 0.3) is 0 Å². The van der Waals surface area contributed by atoms with Gasteiger partial charge in [0.05, 0.1) is 10.7 Å². The van der Waals surface area contributed by atoms with Crippen LogP contribution in [0.3, 0.4) is 0 Å². The molecule has 0 unspecified atom stereocenters. The summed E-state index contributed by atoms with van der Waals surface area (Å²) >= 11 is 5.74. The van der Waals surface area contributed by atoms with Crippen molar-refractivity contribution in [1.82, 2.24) is 19.9 Å². The number of benzene rings is 1. The fourth-order valence-electron chi connectivity index (χ4n) is 1.64. The van der Waals surface area contributed by atoms with Crippen LogP contribution in [-0.4, -0.2) is 30.1 Å². The van der Waals surface area contributed by atoms with E-state index < -0.39 is 15.8 Å². The molecule has 0 amide bonds. The Morgan fingerprint density at radius 2 is 2.19 bits per heavy atom. The first-order valence-electron chi connectivity index (χ1n) is 5.98. The van der Waals surface area contributed by atoms with Crippen molar-refractivity contribution >= 4 is 27.3 Å². The molecule has 21 heavy (non-hydrogen) atoms. The van der Waals surface area contributed by atoms with Crippen molar-refractivity contribution in [3.63, 3.8) is 0 Å². The van der Waals surface area contributed by atoms with Crippen molar-refractivity contribution in [2.24, 2.45) is 0 Å². The fraction of sp³-hybridized carbons (Fsp3) is 0.273. The standard InChI is InChI=1S/C11H13ClFN5O2S/c12-7-4-8(13)9(14)5-10(7)21(19,20)17-3-1-2-11-15-6-16-18-11/h4-6,17H,1-3,14H2,(H,15,16,18). The summed E-state index contributed by atoms with van der Waals surface area (Å²) in [6.07, 6.45) is 2.44. The van der Waals surface area contributed by atoms with Crippen molar-refractivity contribution in [3.8, 4) is 0 Å². The molecule has 0 atom stereocenters. The summed E-state index contributed by atoms with van der Waals surface area (Å²) in [7, 11) is -3.85. The maximum absolute atomic E-state index is 13.2. The van der Waals surface area contributed by atoms with E-state index in [0.717, 1.165) is 12.1 Å². The van der Waals surface area contributed by atoms with Gasteiger partial charge in [0.1, 0.15) is 22.9 Å². The molecule has 1 heterocycles. The minimum Gasteiger partial charge on any atom is -0.396 e. The topological polar surface area (TPSA) is 114 Å². The molecule has 0 spiro atoms. The van der Waals surface area contributed by atoms with Gasteiger partial charge in [-0.2, -0.15) is 5.10 Å². The average Bonchev–Trinajstić information content (AvgIpc) is 2.92. The highest BCUT2D eigenvalue weighted by Gasteiger charge is 2.19. The Bertz CT molecular complexity index is 720. The number of anilines is 1. The van der Waals surface area contributed by atoms with Gasteiger partial charge >= 0.3 is 0 Å². The first-order valence-corrected chi connectivity index (χ1v) is 7.84. The van der Waals surface area contributed by atoms with E-state index in [9.17, 15) is 12.8 Å². The number of hydrogen-bond acceptors (Lipinski definition) is 5. The predicted molar refractivity (Wildman–Crippen MR) is 75.7 cm³/mol. The summed E-state index contributed by atoms with van der Waals surface area (Å²) < 4.78 is 39.7. The van der Waals surface area contributed by atoms with Gasteiger partial charge in [-0.1, -0.05) is 11.6 Å². The second kappa shape index (κ2) is 6.37. The van der Waals surface area contributed by atoms with E-state index in [1.165, 1.54) is 6.33 Å². The summed E-state index contributed by atoms with van der Waals surface area (Å²) in [5.74, 6) is -0.0949. The molecule has 0 radical (unpaired) electrons. The Labute approximate surface area is 125 Å². The van der Waals surface area contributed by atoms with Crippen molar-refractivity contribution in [1.29, 1.82) is 0 Å². The van der Waals surface area contributed by atoms with Gasteiger partial charge in [-0.25, -0.2) is 22.5 Å². The van der Waals surface area contributed by atoms with Gasteiger partial charge in [-0.3, -0.25) is 5.10 Å². The second-order valence-corrected chi connectivity index (χ2v) is 6.38. The molecule has 1 aromatic heterocycles. The lowest BCUT2D eigenvalue weighted by atomic mass is 10.3. The molecule has 0 aliphatic carbocycles. The molecule has 0 bridgehead atoms. The van der Waals surface area contributed by atoms with Gasteiger partial charge in [0.2, 0.25) is 10.0 Å². The molecular weight excluding hydrogens is 321 g/mol. The van der Waals surface area contributed by atoms with Crippen LogP contribution < -0.4 is 10.5 Å². The van der Waals surface area contributed by atoms with E-state index in [4.69, 9.17) is 17.3 Å². The smallest absolute Gasteiger partial charge is 0.242 e. The number of hydrogen-bond donors (Lipinski definition) is 3. The Morgan fingerprint density at radius 3 is 2.86 bits per heavy atom. The molecular formula is C11H13ClFN5O2S. The Hall–Kier alpha value is -1.71. The van der Waals surface area contributed by atoms with Gasteiger partial charge < -0.3 is 5.73 Å². The van der Waals surface area contributed by atoms with Crippen LogP contribution >= 0.6 is 11.6 Å². The highest BCUT2D eigenvalue weighted by molar-refractivity contribution is 7.89. The third kappa shape index (κ3) is 3.90. The van der Waals surface area contributed by atoms with Crippen LogP contribution in [-0.2, 0) is 16.4 Å². The largest absolute Gasteiger partial charge is 0.396 e. The zero-order chi connectivity index (χ0) is 15.5. The van der Waals surface area contributed by atoms with Crippen LogP contribution in [0.1, 0.15) is 12.2 Å². The summed E-state index contributed by atoms with van der Waals surface area (Å²) in [5.41, 5.74) is 5.08. The molecule has 0 saturated carbocycles. The van der Waals surface area contributed by atoms with E-state index in [0.29, 0.717) is 18.7 Å². The lowest BCUT2D eigenvalue weighted by Gasteiger charge is -2.09. The van der Waals surface area contributed by atoms with Crippen LogP contribution in [0.2, 0.25) is 5.02 Å². The molecule has 0 aliphatic heterocycles. The maximum Gasteiger partial charge on any atom is 0.242 e. The molecule has 0 fully saturated rings. The number of nitrogens with two attached hydrogens (primary N) is 1. The van der Waals surface area contributed by atoms with E-state index in [-0.39, 0.29) is 22.2 Å². The Kier molecular flexibility index (Phi) is 4.76. The van der Waals surface area contributed by atoms with Crippen LogP contribution in [0.5, 0.6) is 0 Å². The maximum atomic E-state index is 13.2. The van der Waals surface area contributed by atoms with E-state index in [1.54, 1.807) is 0 Å². The lowest BCUT2D eigenvalue weighted by molar-refractivity contribution is 0.577. The molecule has 7 nitrogen and oxygen atoms in total. The average molecular weight is 334 g/mol. The van der Waals surface area contributed by atoms with Crippen LogP contribution in [0, 0.1) is 5.82 Å². The second-order valence-electron chi connectivity index (χ2n) is 4.24. The van der Waals surface area contributed by atoms with E-state index >= 15 is 0 Å². The molecule has 4 N–H and O–H groups in total. The first-order chi connectivity index (χ1) is 9.90. The molecule has 114 valence electrons. The third-order valence-corrected chi connectivity index (χ3v) is 4.61. The summed E-state index contributed by atoms with van der Waals surface area (Å²) in [4.78, 5) is 3.67. The number of sulfonamides is 1. The Balaban J connectivity index is 2.00. The minimum atomic E-state index is -3.85. The van der Waals surface area contributed by atoms with Gasteiger partial charge in [0, 0.05) is 13.0 Å². The van der Waals surface area contributed by atoms with Gasteiger partial charge in [0.15, 0.2) is 0 Å². The first kappa shape index (κ1) is 15.7.